The summed E-state index contributed by atoms with van der Waals surface area (Å²) in [5.41, 5.74) is 1.12. The molecule has 0 unspecified atom stereocenters. The molecule has 0 radical (unpaired) electrons. The molecule has 7 heteroatoms. The minimum atomic E-state index is -3.61. The van der Waals surface area contributed by atoms with Gasteiger partial charge in [0.2, 0.25) is 0 Å². The highest BCUT2D eigenvalue weighted by atomic mass is 32.2. The first-order valence-electron chi connectivity index (χ1n) is 8.29. The van der Waals surface area contributed by atoms with Crippen LogP contribution in [-0.2, 0) is 16.7 Å². The molecule has 0 aliphatic heterocycles. The molecular weight excluding hydrogens is 357 g/mol. The van der Waals surface area contributed by atoms with Crippen LogP contribution in [0, 0.1) is 5.82 Å². The monoisotopic (exact) mass is 379 g/mol. The van der Waals surface area contributed by atoms with Crippen molar-refractivity contribution >= 4 is 16.0 Å². The third-order valence-electron chi connectivity index (χ3n) is 3.80. The topological polar surface area (TPSA) is 63.7 Å². The van der Waals surface area contributed by atoms with Crippen LogP contribution in [0.25, 0.3) is 0 Å². The molecule has 0 bridgehead atoms. The van der Waals surface area contributed by atoms with E-state index in [2.05, 4.69) is 0 Å². The van der Waals surface area contributed by atoms with Crippen LogP contribution in [0.5, 0.6) is 5.75 Å². The van der Waals surface area contributed by atoms with Gasteiger partial charge in [-0.15, -0.1) is 0 Å². The first-order valence-corrected chi connectivity index (χ1v) is 9.87. The highest BCUT2D eigenvalue weighted by Crippen LogP contribution is 2.19. The number of halogens is 1. The number of hydrogen-bond acceptors (Lipinski definition) is 4. The largest absolute Gasteiger partial charge is 0.382 e. The van der Waals surface area contributed by atoms with Gasteiger partial charge in [-0.1, -0.05) is 12.1 Å². The van der Waals surface area contributed by atoms with Gasteiger partial charge in [0.05, 0.1) is 5.75 Å². The quantitative estimate of drug-likeness (QED) is 0.690. The molecule has 0 saturated carbocycles. The highest BCUT2D eigenvalue weighted by Gasteiger charge is 2.20. The summed E-state index contributed by atoms with van der Waals surface area (Å²) in [6.07, 6.45) is 0. The number of amides is 1. The van der Waals surface area contributed by atoms with Gasteiger partial charge in [-0.05, 0) is 62.7 Å². The Morgan fingerprint density at radius 2 is 1.81 bits per heavy atom. The Bertz CT molecular complexity index is 863. The van der Waals surface area contributed by atoms with Gasteiger partial charge in [-0.25, -0.2) is 4.39 Å². The van der Waals surface area contributed by atoms with Gasteiger partial charge in [0.1, 0.15) is 11.6 Å². The number of carbonyl (C=O) groups is 1. The summed E-state index contributed by atoms with van der Waals surface area (Å²) >= 11 is 0. The fourth-order valence-corrected chi connectivity index (χ4v) is 2.86. The standard InChI is InChI=1S/C19H22FNO4S/c1-4-26(23,24)25-18-7-5-6-15(12-18)13-21(14(2)3)19(22)16-8-10-17(20)11-9-16/h5-12,14H,4,13H2,1-3H3. The molecule has 0 heterocycles. The van der Waals surface area contributed by atoms with Crippen LogP contribution >= 0.6 is 0 Å². The van der Waals surface area contributed by atoms with Gasteiger partial charge in [-0.2, -0.15) is 8.42 Å². The predicted molar refractivity (Wildman–Crippen MR) is 97.9 cm³/mol. The summed E-state index contributed by atoms with van der Waals surface area (Å²) in [6, 6.07) is 11.9. The van der Waals surface area contributed by atoms with Crippen molar-refractivity contribution in [3.05, 3.63) is 65.5 Å². The van der Waals surface area contributed by atoms with Crippen molar-refractivity contribution in [3.63, 3.8) is 0 Å². The first-order chi connectivity index (χ1) is 12.2. The summed E-state index contributed by atoms with van der Waals surface area (Å²) in [7, 11) is -3.61. The van der Waals surface area contributed by atoms with Crippen molar-refractivity contribution in [2.75, 3.05) is 5.75 Å². The van der Waals surface area contributed by atoms with Crippen molar-refractivity contribution in [1.82, 2.24) is 4.90 Å². The minimum Gasteiger partial charge on any atom is -0.382 e. The minimum absolute atomic E-state index is 0.100. The summed E-state index contributed by atoms with van der Waals surface area (Å²) < 4.78 is 41.3. The molecule has 5 nitrogen and oxygen atoms in total. The third-order valence-corrected chi connectivity index (χ3v) is 4.96. The molecular formula is C19H22FNO4S. The maximum Gasteiger partial charge on any atom is 0.308 e. The average molecular weight is 379 g/mol. The molecule has 2 rings (SSSR count). The molecule has 0 fully saturated rings. The van der Waals surface area contributed by atoms with Crippen LogP contribution in [0.1, 0.15) is 36.7 Å². The lowest BCUT2D eigenvalue weighted by atomic mass is 10.1. The average Bonchev–Trinajstić information content (AvgIpc) is 2.59. The van der Waals surface area contributed by atoms with Gasteiger partial charge >= 0.3 is 10.1 Å². The lowest BCUT2D eigenvalue weighted by Gasteiger charge is -2.27. The molecule has 140 valence electrons. The molecule has 2 aromatic carbocycles. The van der Waals surface area contributed by atoms with Crippen LogP contribution in [0.2, 0.25) is 0 Å². The Balaban J connectivity index is 2.22. The number of hydrogen-bond donors (Lipinski definition) is 0. The second-order valence-corrected chi connectivity index (χ2v) is 7.97. The van der Waals surface area contributed by atoms with Crippen LogP contribution in [0.3, 0.4) is 0 Å². The van der Waals surface area contributed by atoms with E-state index in [0.29, 0.717) is 5.56 Å². The summed E-state index contributed by atoms with van der Waals surface area (Å²) in [4.78, 5) is 14.4. The maximum atomic E-state index is 13.1. The SMILES string of the molecule is CCS(=O)(=O)Oc1cccc(CN(C(=O)c2ccc(F)cc2)C(C)C)c1. The van der Waals surface area contributed by atoms with E-state index in [9.17, 15) is 17.6 Å². The molecule has 0 aliphatic carbocycles. The maximum absolute atomic E-state index is 13.1. The Hall–Kier alpha value is -2.41. The number of carbonyl (C=O) groups excluding carboxylic acids is 1. The van der Waals surface area contributed by atoms with Gasteiger partial charge < -0.3 is 9.08 Å². The van der Waals surface area contributed by atoms with E-state index in [-0.39, 0.29) is 30.0 Å². The lowest BCUT2D eigenvalue weighted by Crippen LogP contribution is -2.36. The van der Waals surface area contributed by atoms with Crippen LogP contribution in [-0.4, -0.2) is 31.0 Å². The lowest BCUT2D eigenvalue weighted by molar-refractivity contribution is 0.0690. The van der Waals surface area contributed by atoms with E-state index >= 15 is 0 Å². The predicted octanol–water partition coefficient (Wildman–Crippen LogP) is 3.61. The Morgan fingerprint density at radius 3 is 2.38 bits per heavy atom. The fraction of sp³-hybridized carbons (Fsp3) is 0.316. The molecule has 0 aromatic heterocycles. The zero-order valence-electron chi connectivity index (χ0n) is 15.0. The van der Waals surface area contributed by atoms with Crippen molar-refractivity contribution < 1.29 is 21.8 Å². The van der Waals surface area contributed by atoms with Gasteiger partial charge in [0.25, 0.3) is 5.91 Å². The highest BCUT2D eigenvalue weighted by molar-refractivity contribution is 7.87. The summed E-state index contributed by atoms with van der Waals surface area (Å²) in [5, 5.41) is 0. The molecule has 0 saturated heterocycles. The first kappa shape index (κ1) is 19.9. The third kappa shape index (κ3) is 5.29. The van der Waals surface area contributed by atoms with Crippen molar-refractivity contribution in [1.29, 1.82) is 0 Å². The zero-order valence-corrected chi connectivity index (χ0v) is 15.8. The van der Waals surface area contributed by atoms with Gasteiger partial charge in [0.15, 0.2) is 0 Å². The fourth-order valence-electron chi connectivity index (χ4n) is 2.35. The van der Waals surface area contributed by atoms with Gasteiger partial charge in [0, 0.05) is 18.2 Å². The van der Waals surface area contributed by atoms with E-state index in [0.717, 1.165) is 5.56 Å². The van der Waals surface area contributed by atoms with Gasteiger partial charge in [-0.3, -0.25) is 4.79 Å². The summed E-state index contributed by atoms with van der Waals surface area (Å²) in [5.74, 6) is -0.548. The van der Waals surface area contributed by atoms with Crippen molar-refractivity contribution in [2.24, 2.45) is 0 Å². The van der Waals surface area contributed by atoms with E-state index in [1.54, 1.807) is 29.2 Å². The normalized spacial score (nSPS) is 11.4. The molecule has 0 atom stereocenters. The molecule has 26 heavy (non-hydrogen) atoms. The molecule has 0 aliphatic rings. The Kier molecular flexibility index (Phi) is 6.37. The molecule has 1 amide bonds. The second-order valence-electron chi connectivity index (χ2n) is 6.11. The second kappa shape index (κ2) is 8.31. The Labute approximate surface area is 153 Å². The van der Waals surface area contributed by atoms with Crippen LogP contribution < -0.4 is 4.18 Å². The van der Waals surface area contributed by atoms with E-state index in [1.807, 2.05) is 13.8 Å². The zero-order chi connectivity index (χ0) is 19.3. The molecule has 0 spiro atoms. The van der Waals surface area contributed by atoms with Crippen LogP contribution in [0.15, 0.2) is 48.5 Å². The molecule has 2 aromatic rings. The number of rotatable bonds is 7. The molecule has 0 N–H and O–H groups in total. The van der Waals surface area contributed by atoms with Crippen molar-refractivity contribution in [3.8, 4) is 5.75 Å². The number of benzene rings is 2. The summed E-state index contributed by atoms with van der Waals surface area (Å²) in [6.45, 7) is 5.53. The van der Waals surface area contributed by atoms with Crippen molar-refractivity contribution in [2.45, 2.75) is 33.4 Å². The Morgan fingerprint density at radius 1 is 1.15 bits per heavy atom. The number of nitrogens with zero attached hydrogens (tertiary/aromatic N) is 1. The van der Waals surface area contributed by atoms with E-state index < -0.39 is 15.9 Å². The van der Waals surface area contributed by atoms with E-state index in [1.165, 1.54) is 31.2 Å². The van der Waals surface area contributed by atoms with Crippen LogP contribution in [0.4, 0.5) is 4.39 Å². The van der Waals surface area contributed by atoms with E-state index in [4.69, 9.17) is 4.18 Å². The smallest absolute Gasteiger partial charge is 0.308 e.